The number of aromatic nitrogens is 6. The van der Waals surface area contributed by atoms with Gasteiger partial charge in [0.05, 0.1) is 36.4 Å². The van der Waals surface area contributed by atoms with Crippen molar-refractivity contribution in [1.82, 2.24) is 34.5 Å². The van der Waals surface area contributed by atoms with E-state index in [-0.39, 0.29) is 23.2 Å². The Bertz CT molecular complexity index is 1430. The number of aliphatic hydroxyl groups excluding tert-OH is 1. The van der Waals surface area contributed by atoms with Crippen molar-refractivity contribution in [2.45, 2.75) is 32.4 Å². The molecule has 5 heterocycles. The van der Waals surface area contributed by atoms with Crippen molar-refractivity contribution in [2.24, 2.45) is 5.92 Å². The van der Waals surface area contributed by atoms with Gasteiger partial charge in [-0.25, -0.2) is 18.0 Å². The number of likely N-dealkylation sites (tertiary alicyclic amines) is 1. The topological polar surface area (TPSA) is 117 Å². The quantitative estimate of drug-likeness (QED) is 0.407. The molecule has 0 bridgehead atoms. The van der Waals surface area contributed by atoms with Crippen LogP contribution in [0.3, 0.4) is 0 Å². The lowest BCUT2D eigenvalue weighted by Crippen LogP contribution is -2.38. The molecular weight excluding hydrogens is 470 g/mol. The fraction of sp³-hybridized carbons (Fsp3) is 0.375. The number of ether oxygens (including phenoxy) is 1. The molecule has 1 fully saturated rings. The first-order valence-corrected chi connectivity index (χ1v) is 11.5. The smallest absolute Gasteiger partial charge is 0.179 e. The molecule has 1 aliphatic rings. The molecule has 1 saturated heterocycles. The molecule has 10 nitrogen and oxygen atoms in total. The predicted molar refractivity (Wildman–Crippen MR) is 124 cm³/mol. The standard InChI is InChI=1S/C24H24F2N8O2/c1-14-10-32(13-27)6-5-20(14)34-15(2)23(30-31-34)16-7-21(24-18(26)9-29-33(24)11-16)36-22(12-35)19-4-3-17(25)8-28-19/h3-4,7-9,11,14,20,22,35H,5-6,10,12H2,1-2H3/t14-,20-,22-/m1/s1. The van der Waals surface area contributed by atoms with Gasteiger partial charge in [0.15, 0.2) is 18.1 Å². The van der Waals surface area contributed by atoms with E-state index < -0.39 is 24.3 Å². The third kappa shape index (κ3) is 4.22. The first kappa shape index (κ1) is 23.6. The summed E-state index contributed by atoms with van der Waals surface area (Å²) in [5.41, 5.74) is 2.36. The molecule has 0 unspecified atom stereocenters. The second-order valence-corrected chi connectivity index (χ2v) is 8.92. The van der Waals surface area contributed by atoms with E-state index >= 15 is 0 Å². The average Bonchev–Trinajstić information content (AvgIpc) is 3.45. The molecule has 4 aromatic heterocycles. The van der Waals surface area contributed by atoms with Crippen molar-refractivity contribution < 1.29 is 18.6 Å². The van der Waals surface area contributed by atoms with Crippen LogP contribution in [0.1, 0.15) is 36.9 Å². The van der Waals surface area contributed by atoms with Crippen LogP contribution < -0.4 is 4.74 Å². The molecular formula is C24H24F2N8O2. The van der Waals surface area contributed by atoms with E-state index in [0.717, 1.165) is 24.5 Å². The van der Waals surface area contributed by atoms with Gasteiger partial charge in [-0.1, -0.05) is 12.1 Å². The number of rotatable bonds is 6. The maximum absolute atomic E-state index is 14.6. The van der Waals surface area contributed by atoms with Crippen LogP contribution in [0.2, 0.25) is 0 Å². The Morgan fingerprint density at radius 2 is 2.14 bits per heavy atom. The summed E-state index contributed by atoms with van der Waals surface area (Å²) in [4.78, 5) is 5.72. The number of piperidine rings is 1. The third-order valence-electron chi connectivity index (χ3n) is 6.56. The van der Waals surface area contributed by atoms with Crippen LogP contribution in [0.5, 0.6) is 5.75 Å². The largest absolute Gasteiger partial charge is 0.479 e. The summed E-state index contributed by atoms with van der Waals surface area (Å²) in [6.45, 7) is 4.83. The van der Waals surface area contributed by atoms with Crippen LogP contribution in [0.4, 0.5) is 8.78 Å². The number of pyridine rings is 2. The van der Waals surface area contributed by atoms with Crippen molar-refractivity contribution in [3.63, 3.8) is 0 Å². The van der Waals surface area contributed by atoms with Crippen molar-refractivity contribution in [1.29, 1.82) is 5.26 Å². The van der Waals surface area contributed by atoms with E-state index in [1.807, 2.05) is 11.6 Å². The Kier molecular flexibility index (Phi) is 6.24. The van der Waals surface area contributed by atoms with E-state index in [4.69, 9.17) is 4.74 Å². The highest BCUT2D eigenvalue weighted by Gasteiger charge is 2.30. The Morgan fingerprint density at radius 3 is 2.83 bits per heavy atom. The number of halogens is 2. The van der Waals surface area contributed by atoms with Gasteiger partial charge in [0.2, 0.25) is 0 Å². The summed E-state index contributed by atoms with van der Waals surface area (Å²) in [5, 5.41) is 32.0. The third-order valence-corrected chi connectivity index (χ3v) is 6.56. The van der Waals surface area contributed by atoms with Gasteiger partial charge < -0.3 is 14.7 Å². The molecule has 0 aromatic carbocycles. The Labute approximate surface area is 205 Å². The molecule has 0 amide bonds. The Hall–Kier alpha value is -4.11. The first-order valence-electron chi connectivity index (χ1n) is 11.5. The summed E-state index contributed by atoms with van der Waals surface area (Å²) in [5.74, 6) is -0.800. The Balaban J connectivity index is 1.52. The van der Waals surface area contributed by atoms with Gasteiger partial charge in [0.25, 0.3) is 0 Å². The highest BCUT2D eigenvalue weighted by molar-refractivity contribution is 5.70. The summed E-state index contributed by atoms with van der Waals surface area (Å²) in [6.07, 6.45) is 5.75. The average molecular weight is 495 g/mol. The van der Waals surface area contributed by atoms with E-state index in [9.17, 15) is 19.1 Å². The summed E-state index contributed by atoms with van der Waals surface area (Å²) < 4.78 is 37.2. The number of hydrogen-bond acceptors (Lipinski definition) is 8. The molecule has 36 heavy (non-hydrogen) atoms. The number of hydrogen-bond donors (Lipinski definition) is 1. The van der Waals surface area contributed by atoms with Crippen molar-refractivity contribution in [3.8, 4) is 23.2 Å². The molecule has 5 rings (SSSR count). The van der Waals surface area contributed by atoms with E-state index in [1.165, 1.54) is 16.6 Å². The molecule has 1 N–H and O–H groups in total. The van der Waals surface area contributed by atoms with Gasteiger partial charge in [-0.05, 0) is 37.5 Å². The SMILES string of the molecule is Cc1c(-c2cc(O[C@H](CO)c3ccc(F)cn3)c3c(F)cnn3c2)nnn1[C@@H]1CCN(C#N)C[C@H]1C. The lowest BCUT2D eigenvalue weighted by molar-refractivity contribution is 0.114. The minimum Gasteiger partial charge on any atom is -0.479 e. The minimum absolute atomic E-state index is 0.0840. The van der Waals surface area contributed by atoms with Crippen LogP contribution in [-0.4, -0.2) is 59.3 Å². The molecule has 1 aliphatic heterocycles. The summed E-state index contributed by atoms with van der Waals surface area (Å²) >= 11 is 0. The maximum atomic E-state index is 14.6. The minimum atomic E-state index is -0.957. The summed E-state index contributed by atoms with van der Waals surface area (Å²) in [6, 6.07) is 4.32. The van der Waals surface area contributed by atoms with Crippen molar-refractivity contribution in [3.05, 3.63) is 59.8 Å². The van der Waals surface area contributed by atoms with Gasteiger partial charge in [-0.15, -0.1) is 5.10 Å². The van der Waals surface area contributed by atoms with Gasteiger partial charge in [-0.3, -0.25) is 4.98 Å². The zero-order valence-electron chi connectivity index (χ0n) is 19.7. The maximum Gasteiger partial charge on any atom is 0.179 e. The van der Waals surface area contributed by atoms with E-state index in [1.54, 1.807) is 17.2 Å². The zero-order chi connectivity index (χ0) is 25.4. The molecule has 4 aromatic rings. The number of nitrogens with zero attached hydrogens (tertiary/aromatic N) is 8. The highest BCUT2D eigenvalue weighted by Crippen LogP contribution is 2.35. The number of fused-ring (bicyclic) bond motifs is 1. The zero-order valence-corrected chi connectivity index (χ0v) is 19.7. The monoisotopic (exact) mass is 494 g/mol. The van der Waals surface area contributed by atoms with Crippen LogP contribution >= 0.6 is 0 Å². The predicted octanol–water partition coefficient (Wildman–Crippen LogP) is 3.05. The highest BCUT2D eigenvalue weighted by atomic mass is 19.1. The second kappa shape index (κ2) is 9.50. The molecule has 0 spiro atoms. The molecule has 3 atom stereocenters. The normalized spacial score (nSPS) is 18.8. The van der Waals surface area contributed by atoms with Gasteiger partial charge in [-0.2, -0.15) is 10.4 Å². The molecule has 0 radical (unpaired) electrons. The summed E-state index contributed by atoms with van der Waals surface area (Å²) in [7, 11) is 0. The molecule has 186 valence electrons. The fourth-order valence-electron chi connectivity index (χ4n) is 4.70. The van der Waals surface area contributed by atoms with Crippen LogP contribution in [0, 0.1) is 35.9 Å². The van der Waals surface area contributed by atoms with Crippen molar-refractivity contribution >= 4 is 5.52 Å². The van der Waals surface area contributed by atoms with Crippen LogP contribution in [-0.2, 0) is 0 Å². The van der Waals surface area contributed by atoms with Crippen LogP contribution in [0.15, 0.2) is 36.8 Å². The Morgan fingerprint density at radius 1 is 1.31 bits per heavy atom. The molecule has 12 heteroatoms. The van der Waals surface area contributed by atoms with E-state index in [2.05, 4.69) is 33.5 Å². The van der Waals surface area contributed by atoms with Gasteiger partial charge >= 0.3 is 0 Å². The fourth-order valence-corrected chi connectivity index (χ4v) is 4.70. The van der Waals surface area contributed by atoms with E-state index in [0.29, 0.717) is 30.0 Å². The van der Waals surface area contributed by atoms with Gasteiger partial charge in [0.1, 0.15) is 22.8 Å². The number of aliphatic hydroxyl groups is 1. The lowest BCUT2D eigenvalue weighted by atomic mass is 9.94. The van der Waals surface area contributed by atoms with Gasteiger partial charge in [0, 0.05) is 24.8 Å². The lowest BCUT2D eigenvalue weighted by Gasteiger charge is -2.34. The molecule has 0 saturated carbocycles. The first-order chi connectivity index (χ1) is 17.4. The second-order valence-electron chi connectivity index (χ2n) is 8.92. The van der Waals surface area contributed by atoms with Crippen LogP contribution in [0.25, 0.3) is 16.8 Å². The molecule has 0 aliphatic carbocycles. The number of nitriles is 1. The van der Waals surface area contributed by atoms with Crippen molar-refractivity contribution in [2.75, 3.05) is 19.7 Å².